The Labute approximate surface area is 191 Å². The molecular weight excluding hydrogens is 434 g/mol. The number of thiazole rings is 1. The Morgan fingerprint density at radius 1 is 1.19 bits per heavy atom. The van der Waals surface area contributed by atoms with Crippen molar-refractivity contribution in [3.8, 4) is 5.75 Å². The molecule has 3 aromatic rings. The van der Waals surface area contributed by atoms with E-state index in [0.29, 0.717) is 6.61 Å². The molecule has 1 aliphatic heterocycles. The maximum absolute atomic E-state index is 11.0. The summed E-state index contributed by atoms with van der Waals surface area (Å²) in [5.74, 6) is -0.0662. The number of benzene rings is 2. The van der Waals surface area contributed by atoms with Crippen LogP contribution >= 0.6 is 22.9 Å². The molecule has 164 valence electrons. The molecule has 0 atom stereocenters. The molecule has 1 saturated heterocycles. The number of carbonyl (C=O) groups is 1. The van der Waals surface area contributed by atoms with Gasteiger partial charge in [-0.3, -0.25) is 9.69 Å². The van der Waals surface area contributed by atoms with Crippen LogP contribution in [0.15, 0.2) is 36.4 Å². The molecule has 0 saturated carbocycles. The predicted molar refractivity (Wildman–Crippen MR) is 126 cm³/mol. The highest BCUT2D eigenvalue weighted by atomic mass is 35.5. The van der Waals surface area contributed by atoms with Gasteiger partial charge in [-0.25, -0.2) is 4.98 Å². The van der Waals surface area contributed by atoms with E-state index >= 15 is 0 Å². The van der Waals surface area contributed by atoms with Gasteiger partial charge in [0, 0.05) is 37.7 Å². The molecule has 0 bridgehead atoms. The smallest absolute Gasteiger partial charge is 0.307 e. The van der Waals surface area contributed by atoms with Crippen molar-refractivity contribution in [3.63, 3.8) is 0 Å². The number of aliphatic carboxylic acids is 1. The third kappa shape index (κ3) is 5.67. The Hall–Kier alpha value is -2.35. The van der Waals surface area contributed by atoms with Gasteiger partial charge in [0.05, 0.1) is 16.6 Å². The van der Waals surface area contributed by atoms with Crippen LogP contribution in [-0.4, -0.2) is 60.3 Å². The van der Waals surface area contributed by atoms with Crippen molar-refractivity contribution in [2.75, 3.05) is 44.2 Å². The maximum Gasteiger partial charge on any atom is 0.307 e. The number of anilines is 1. The lowest BCUT2D eigenvalue weighted by Gasteiger charge is -2.21. The molecule has 31 heavy (non-hydrogen) atoms. The van der Waals surface area contributed by atoms with E-state index in [4.69, 9.17) is 26.4 Å². The predicted octanol–water partition coefficient (Wildman–Crippen LogP) is 4.48. The molecule has 1 aliphatic rings. The summed E-state index contributed by atoms with van der Waals surface area (Å²) in [5.41, 5.74) is 2.78. The molecule has 1 N–H and O–H groups in total. The van der Waals surface area contributed by atoms with Gasteiger partial charge in [-0.2, -0.15) is 0 Å². The van der Waals surface area contributed by atoms with Crippen molar-refractivity contribution < 1.29 is 14.6 Å². The number of carboxylic acid groups (broad SMARTS) is 1. The van der Waals surface area contributed by atoms with Gasteiger partial charge in [0.25, 0.3) is 0 Å². The van der Waals surface area contributed by atoms with Crippen LogP contribution in [0.2, 0.25) is 5.02 Å². The lowest BCUT2D eigenvalue weighted by molar-refractivity contribution is -0.136. The summed E-state index contributed by atoms with van der Waals surface area (Å²) < 4.78 is 7.12. The molecule has 0 radical (unpaired) electrons. The lowest BCUT2D eigenvalue weighted by Crippen LogP contribution is -2.33. The number of nitrogens with zero attached hydrogens (tertiary/aromatic N) is 3. The van der Waals surface area contributed by atoms with Crippen LogP contribution < -0.4 is 9.64 Å². The normalized spacial score (nSPS) is 15.2. The second-order valence-electron chi connectivity index (χ2n) is 7.81. The second kappa shape index (κ2) is 9.85. The van der Waals surface area contributed by atoms with Crippen LogP contribution in [0.25, 0.3) is 10.2 Å². The van der Waals surface area contributed by atoms with Crippen molar-refractivity contribution in [2.45, 2.75) is 19.8 Å². The number of aromatic nitrogens is 1. The van der Waals surface area contributed by atoms with Gasteiger partial charge in [-0.1, -0.05) is 35.1 Å². The number of ether oxygens (including phenoxy) is 1. The van der Waals surface area contributed by atoms with Crippen LogP contribution in [0.1, 0.15) is 17.5 Å². The van der Waals surface area contributed by atoms with Gasteiger partial charge in [0.2, 0.25) is 0 Å². The molecule has 1 aromatic heterocycles. The first-order valence-electron chi connectivity index (χ1n) is 10.5. The van der Waals surface area contributed by atoms with E-state index in [1.54, 1.807) is 11.3 Å². The fourth-order valence-electron chi connectivity index (χ4n) is 3.78. The summed E-state index contributed by atoms with van der Waals surface area (Å²) in [4.78, 5) is 20.5. The minimum Gasteiger partial charge on any atom is -0.492 e. The summed E-state index contributed by atoms with van der Waals surface area (Å²) in [6, 6.07) is 11.4. The third-order valence-electron chi connectivity index (χ3n) is 5.47. The molecule has 6 nitrogen and oxygen atoms in total. The number of carboxylic acids is 1. The second-order valence-corrected chi connectivity index (χ2v) is 9.26. The van der Waals surface area contributed by atoms with Crippen molar-refractivity contribution in [1.29, 1.82) is 0 Å². The summed E-state index contributed by atoms with van der Waals surface area (Å²) in [6.07, 6.45) is 1.08. The average Bonchev–Trinajstić information content (AvgIpc) is 3.00. The molecule has 8 heteroatoms. The number of fused-ring (bicyclic) bond motifs is 1. The Kier molecular flexibility index (Phi) is 6.95. The van der Waals surface area contributed by atoms with E-state index in [-0.39, 0.29) is 6.42 Å². The van der Waals surface area contributed by atoms with Crippen LogP contribution in [-0.2, 0) is 11.2 Å². The topological polar surface area (TPSA) is 65.9 Å². The molecule has 0 spiro atoms. The summed E-state index contributed by atoms with van der Waals surface area (Å²) in [7, 11) is 0. The monoisotopic (exact) mass is 459 g/mol. The Morgan fingerprint density at radius 3 is 2.90 bits per heavy atom. The highest BCUT2D eigenvalue weighted by Gasteiger charge is 2.18. The fraction of sp³-hybridized carbons (Fsp3) is 0.391. The summed E-state index contributed by atoms with van der Waals surface area (Å²) in [5, 5.41) is 10.8. The number of aryl methyl sites for hydroxylation is 1. The van der Waals surface area contributed by atoms with Gasteiger partial charge in [0.15, 0.2) is 5.13 Å². The van der Waals surface area contributed by atoms with E-state index < -0.39 is 5.97 Å². The van der Waals surface area contributed by atoms with Gasteiger partial charge < -0.3 is 14.7 Å². The number of hydrogen-bond acceptors (Lipinski definition) is 6. The highest BCUT2D eigenvalue weighted by Crippen LogP contribution is 2.31. The first kappa shape index (κ1) is 21.9. The van der Waals surface area contributed by atoms with E-state index in [1.165, 1.54) is 0 Å². The first-order chi connectivity index (χ1) is 15.0. The third-order valence-corrected chi connectivity index (χ3v) is 6.79. The average molecular weight is 460 g/mol. The molecule has 2 heterocycles. The number of halogens is 1. The molecule has 1 fully saturated rings. The molecule has 0 aliphatic carbocycles. The van der Waals surface area contributed by atoms with E-state index in [9.17, 15) is 4.79 Å². The SMILES string of the molecule is Cc1ccc(CC(=O)O)cc1OCCN1CCCN(c2nc3ccc(Cl)cc3s2)CC1. The van der Waals surface area contributed by atoms with E-state index in [2.05, 4.69) is 9.80 Å². The largest absolute Gasteiger partial charge is 0.492 e. The molecular formula is C23H26ClN3O3S. The van der Waals surface area contributed by atoms with Crippen molar-refractivity contribution in [2.24, 2.45) is 0 Å². The molecule has 4 rings (SSSR count). The zero-order valence-electron chi connectivity index (χ0n) is 17.5. The Morgan fingerprint density at radius 2 is 2.06 bits per heavy atom. The van der Waals surface area contributed by atoms with Crippen LogP contribution in [0.4, 0.5) is 5.13 Å². The van der Waals surface area contributed by atoms with Crippen LogP contribution in [0.5, 0.6) is 5.75 Å². The molecule has 0 amide bonds. The first-order valence-corrected chi connectivity index (χ1v) is 11.6. The van der Waals surface area contributed by atoms with E-state index in [1.807, 2.05) is 43.3 Å². The van der Waals surface area contributed by atoms with Gasteiger partial charge in [-0.05, 0) is 48.7 Å². The summed E-state index contributed by atoms with van der Waals surface area (Å²) >= 11 is 7.81. The zero-order chi connectivity index (χ0) is 21.8. The van der Waals surface area contributed by atoms with Crippen molar-refractivity contribution >= 4 is 44.3 Å². The van der Waals surface area contributed by atoms with Gasteiger partial charge in [-0.15, -0.1) is 0 Å². The zero-order valence-corrected chi connectivity index (χ0v) is 19.1. The Balaban J connectivity index is 1.31. The number of hydrogen-bond donors (Lipinski definition) is 1. The van der Waals surface area contributed by atoms with Crippen molar-refractivity contribution in [3.05, 3.63) is 52.5 Å². The Bertz CT molecular complexity index is 1070. The highest BCUT2D eigenvalue weighted by molar-refractivity contribution is 7.22. The minimum atomic E-state index is -0.833. The van der Waals surface area contributed by atoms with Gasteiger partial charge >= 0.3 is 5.97 Å². The van der Waals surface area contributed by atoms with Crippen LogP contribution in [0.3, 0.4) is 0 Å². The fourth-order valence-corrected chi connectivity index (χ4v) is 5.07. The standard InChI is InChI=1S/C23H26ClN3O3S/c1-16-3-4-17(14-22(28)29)13-20(16)30-12-11-26-7-2-8-27(10-9-26)23-25-19-6-5-18(24)15-21(19)31-23/h3-6,13,15H,2,7-12,14H2,1H3,(H,28,29). The minimum absolute atomic E-state index is 0.0105. The lowest BCUT2D eigenvalue weighted by atomic mass is 10.1. The molecule has 2 aromatic carbocycles. The van der Waals surface area contributed by atoms with Crippen molar-refractivity contribution in [1.82, 2.24) is 9.88 Å². The number of rotatable bonds is 7. The molecule has 0 unspecified atom stereocenters. The van der Waals surface area contributed by atoms with Crippen LogP contribution in [0, 0.1) is 6.92 Å². The van der Waals surface area contributed by atoms with Gasteiger partial charge in [0.1, 0.15) is 12.4 Å². The summed E-state index contributed by atoms with van der Waals surface area (Å²) in [6.45, 7) is 7.30. The quantitative estimate of drug-likeness (QED) is 0.562. The maximum atomic E-state index is 11.0. The van der Waals surface area contributed by atoms with E-state index in [0.717, 1.165) is 76.4 Å².